The molecule has 6 nitrogen and oxygen atoms in total. The number of nitrogens with one attached hydrogen (secondary N) is 1. The molecule has 0 heterocycles. The zero-order chi connectivity index (χ0) is 14.5. The molecule has 0 aliphatic rings. The number of hydrogen-bond acceptors (Lipinski definition) is 5. The first kappa shape index (κ1) is 19.3. The van der Waals surface area contributed by atoms with Crippen LogP contribution in [0.25, 0.3) is 0 Å². The Kier molecular flexibility index (Phi) is 7.67. The van der Waals surface area contributed by atoms with E-state index in [0.717, 1.165) is 12.7 Å². The predicted octanol–water partition coefficient (Wildman–Crippen LogP) is 0.529. The molecule has 0 aromatic heterocycles. The van der Waals surface area contributed by atoms with Crippen LogP contribution in [0.4, 0.5) is 0 Å². The summed E-state index contributed by atoms with van der Waals surface area (Å²) in [5.41, 5.74) is 5.31. The zero-order valence-corrected chi connectivity index (χ0v) is 13.5. The van der Waals surface area contributed by atoms with Gasteiger partial charge in [0.1, 0.15) is 0 Å². The van der Waals surface area contributed by atoms with Gasteiger partial charge in [0.15, 0.2) is 9.84 Å². The van der Waals surface area contributed by atoms with Crippen LogP contribution in [0, 0.1) is 0 Å². The topological polar surface area (TPSA) is 106 Å². The fraction of sp³-hybridized carbons (Fsp3) is 0.455. The quantitative estimate of drug-likeness (QED) is 0.703. The molecule has 0 spiro atoms. The molecule has 116 valence electrons. The van der Waals surface area contributed by atoms with E-state index in [2.05, 4.69) is 4.72 Å². The predicted molar refractivity (Wildman–Crippen MR) is 80.3 cm³/mol. The van der Waals surface area contributed by atoms with E-state index >= 15 is 0 Å². The van der Waals surface area contributed by atoms with Crippen LogP contribution < -0.4 is 10.5 Å². The van der Waals surface area contributed by atoms with Crippen molar-refractivity contribution in [2.24, 2.45) is 5.73 Å². The molecule has 0 atom stereocenters. The highest BCUT2D eigenvalue weighted by molar-refractivity contribution is 7.90. The Labute approximate surface area is 126 Å². The molecule has 0 amide bonds. The van der Waals surface area contributed by atoms with Gasteiger partial charge in [-0.25, -0.2) is 21.6 Å². The van der Waals surface area contributed by atoms with Gasteiger partial charge in [0.25, 0.3) is 0 Å². The lowest BCUT2D eigenvalue weighted by Gasteiger charge is -2.07. The van der Waals surface area contributed by atoms with Crippen molar-refractivity contribution in [1.82, 2.24) is 4.72 Å². The van der Waals surface area contributed by atoms with E-state index in [4.69, 9.17) is 5.73 Å². The van der Waals surface area contributed by atoms with Gasteiger partial charge in [-0.15, -0.1) is 12.4 Å². The van der Waals surface area contributed by atoms with Crippen molar-refractivity contribution in [2.75, 3.05) is 19.3 Å². The first-order valence-electron chi connectivity index (χ1n) is 5.77. The summed E-state index contributed by atoms with van der Waals surface area (Å²) in [5, 5.41) is 0. The molecule has 1 rings (SSSR count). The van der Waals surface area contributed by atoms with Crippen LogP contribution in [0.5, 0.6) is 0 Å². The van der Waals surface area contributed by atoms with Crippen LogP contribution in [0.1, 0.15) is 12.8 Å². The molecular weight excluding hydrogens is 324 g/mol. The van der Waals surface area contributed by atoms with E-state index in [1.54, 1.807) is 0 Å². The van der Waals surface area contributed by atoms with Gasteiger partial charge in [0.05, 0.1) is 9.79 Å². The molecule has 1 aromatic carbocycles. The van der Waals surface area contributed by atoms with Gasteiger partial charge >= 0.3 is 0 Å². The summed E-state index contributed by atoms with van der Waals surface area (Å²) < 4.78 is 48.7. The number of nitrogens with two attached hydrogens (primary N) is 1. The number of benzene rings is 1. The third-order valence-corrected chi connectivity index (χ3v) is 5.09. The summed E-state index contributed by atoms with van der Waals surface area (Å²) in [4.78, 5) is 0.141. The maximum absolute atomic E-state index is 11.9. The van der Waals surface area contributed by atoms with Gasteiger partial charge < -0.3 is 5.73 Å². The molecule has 0 radical (unpaired) electrons. The average Bonchev–Trinajstić information content (AvgIpc) is 2.34. The molecule has 20 heavy (non-hydrogen) atoms. The molecule has 0 unspecified atom stereocenters. The van der Waals surface area contributed by atoms with E-state index in [9.17, 15) is 16.8 Å². The second kappa shape index (κ2) is 7.94. The summed E-state index contributed by atoms with van der Waals surface area (Å²) in [6, 6.07) is 5.12. The highest BCUT2D eigenvalue weighted by Crippen LogP contribution is 2.14. The maximum atomic E-state index is 11.9. The van der Waals surface area contributed by atoms with Crippen molar-refractivity contribution in [1.29, 1.82) is 0 Å². The maximum Gasteiger partial charge on any atom is 0.240 e. The third-order valence-electron chi connectivity index (χ3n) is 2.49. The lowest BCUT2D eigenvalue weighted by molar-refractivity contribution is 0.576. The highest BCUT2D eigenvalue weighted by atomic mass is 35.5. The fourth-order valence-corrected chi connectivity index (χ4v) is 3.13. The number of unbranched alkanes of at least 4 members (excludes halogenated alkanes) is 1. The van der Waals surface area contributed by atoms with Crippen LogP contribution in [0.15, 0.2) is 34.1 Å². The standard InChI is InChI=1S/C11H18N2O4S2.ClH/c1-18(14,15)10-4-6-11(7-5-10)19(16,17)13-9-3-2-8-12;/h4-7,13H,2-3,8-9,12H2,1H3;1H. The second-order valence-electron chi connectivity index (χ2n) is 4.14. The number of rotatable bonds is 7. The van der Waals surface area contributed by atoms with E-state index in [1.165, 1.54) is 24.3 Å². The number of sulfone groups is 1. The monoisotopic (exact) mass is 342 g/mol. The van der Waals surface area contributed by atoms with Crippen LogP contribution >= 0.6 is 12.4 Å². The van der Waals surface area contributed by atoms with E-state index in [-0.39, 0.29) is 22.2 Å². The van der Waals surface area contributed by atoms with Crippen molar-refractivity contribution >= 4 is 32.3 Å². The Balaban J connectivity index is 0.00000361. The summed E-state index contributed by atoms with van der Waals surface area (Å²) in [7, 11) is -6.91. The Hall–Kier alpha value is -0.670. The summed E-state index contributed by atoms with van der Waals surface area (Å²) >= 11 is 0. The molecule has 0 aliphatic carbocycles. The van der Waals surface area contributed by atoms with Gasteiger partial charge in [-0.3, -0.25) is 0 Å². The molecule has 0 bridgehead atoms. The minimum atomic E-state index is -3.59. The first-order valence-corrected chi connectivity index (χ1v) is 9.15. The van der Waals surface area contributed by atoms with Crippen LogP contribution in [-0.4, -0.2) is 36.2 Å². The molecular formula is C11H19ClN2O4S2. The first-order chi connectivity index (χ1) is 8.77. The largest absolute Gasteiger partial charge is 0.330 e. The van der Waals surface area contributed by atoms with Crippen molar-refractivity contribution < 1.29 is 16.8 Å². The lowest BCUT2D eigenvalue weighted by Crippen LogP contribution is -2.25. The SMILES string of the molecule is CS(=O)(=O)c1ccc(S(=O)(=O)NCCCCN)cc1.Cl. The summed E-state index contributed by atoms with van der Waals surface area (Å²) in [6.07, 6.45) is 2.48. The van der Waals surface area contributed by atoms with Gasteiger partial charge in [-0.05, 0) is 43.7 Å². The molecule has 3 N–H and O–H groups in total. The molecule has 9 heteroatoms. The second-order valence-corrected chi connectivity index (χ2v) is 7.92. The average molecular weight is 343 g/mol. The number of halogens is 1. The molecule has 0 aliphatic heterocycles. The van der Waals surface area contributed by atoms with Gasteiger partial charge in [-0.1, -0.05) is 0 Å². The fourth-order valence-electron chi connectivity index (χ4n) is 1.43. The van der Waals surface area contributed by atoms with E-state index in [0.29, 0.717) is 19.5 Å². The Morgan fingerprint density at radius 2 is 1.50 bits per heavy atom. The van der Waals surface area contributed by atoms with Crippen LogP contribution in [-0.2, 0) is 19.9 Å². The Morgan fingerprint density at radius 3 is 1.95 bits per heavy atom. The lowest BCUT2D eigenvalue weighted by atomic mass is 10.3. The normalized spacial score (nSPS) is 11.9. The minimum absolute atomic E-state index is 0. The van der Waals surface area contributed by atoms with Crippen molar-refractivity contribution in [3.63, 3.8) is 0 Å². The van der Waals surface area contributed by atoms with E-state index < -0.39 is 19.9 Å². The summed E-state index contributed by atoms with van der Waals surface area (Å²) in [6.45, 7) is 0.831. The van der Waals surface area contributed by atoms with Crippen LogP contribution in [0.2, 0.25) is 0 Å². The van der Waals surface area contributed by atoms with Gasteiger partial charge in [-0.2, -0.15) is 0 Å². The molecule has 0 fully saturated rings. The van der Waals surface area contributed by atoms with Crippen molar-refractivity contribution in [3.05, 3.63) is 24.3 Å². The zero-order valence-electron chi connectivity index (χ0n) is 11.1. The minimum Gasteiger partial charge on any atom is -0.330 e. The van der Waals surface area contributed by atoms with Gasteiger partial charge in [0.2, 0.25) is 10.0 Å². The van der Waals surface area contributed by atoms with E-state index in [1.807, 2.05) is 0 Å². The highest BCUT2D eigenvalue weighted by Gasteiger charge is 2.14. The molecule has 0 saturated heterocycles. The Bertz CT molecular complexity index is 612. The smallest absolute Gasteiger partial charge is 0.240 e. The summed E-state index contributed by atoms with van der Waals surface area (Å²) in [5.74, 6) is 0. The molecule has 1 aromatic rings. The number of hydrogen-bond donors (Lipinski definition) is 2. The van der Waals surface area contributed by atoms with Crippen molar-refractivity contribution in [3.8, 4) is 0 Å². The third kappa shape index (κ3) is 5.76. The Morgan fingerprint density at radius 1 is 1.00 bits per heavy atom. The van der Waals surface area contributed by atoms with Crippen molar-refractivity contribution in [2.45, 2.75) is 22.6 Å². The molecule has 0 saturated carbocycles. The van der Waals surface area contributed by atoms with Gasteiger partial charge in [0, 0.05) is 12.8 Å². The van der Waals surface area contributed by atoms with Crippen LogP contribution in [0.3, 0.4) is 0 Å². The number of sulfonamides is 1.